The molecule has 160 valence electrons. The molecule has 1 aromatic carbocycles. The number of rotatable bonds is 8. The Morgan fingerprint density at radius 2 is 1.83 bits per heavy atom. The first-order valence-electron chi connectivity index (χ1n) is 10.3. The van der Waals surface area contributed by atoms with Crippen LogP contribution in [0.5, 0.6) is 5.75 Å². The fourth-order valence-corrected chi connectivity index (χ4v) is 3.50. The van der Waals surface area contributed by atoms with E-state index in [0.717, 1.165) is 12.8 Å². The largest absolute Gasteiger partial charge is 0.494 e. The Morgan fingerprint density at radius 3 is 2.48 bits per heavy atom. The molecule has 2 N–H and O–H groups in total. The van der Waals surface area contributed by atoms with Gasteiger partial charge in [0.05, 0.1) is 6.61 Å². The van der Waals surface area contributed by atoms with Crippen LogP contribution < -0.4 is 15.4 Å². The maximum atomic E-state index is 12.4. The van der Waals surface area contributed by atoms with Gasteiger partial charge in [-0.1, -0.05) is 26.7 Å². The predicted octanol–water partition coefficient (Wildman–Crippen LogP) is 2.69. The molecule has 7 heteroatoms. The van der Waals surface area contributed by atoms with Crippen LogP contribution in [0.25, 0.3) is 0 Å². The van der Waals surface area contributed by atoms with E-state index in [4.69, 9.17) is 9.47 Å². The standard InChI is InChI=1S/C22H32N2O5/c1-5-28-18-11-9-17(10-12-18)22(27)23-13-20(25)29-16(4)21(26)24-19-8-6-7-14(2)15(19)3/h9-12,14-16,19H,5-8,13H2,1-4H3,(H,23,27)(H,24,26)/t14-,15-,16+,19+/m0/s1. The average molecular weight is 405 g/mol. The zero-order valence-electron chi connectivity index (χ0n) is 17.7. The highest BCUT2D eigenvalue weighted by Crippen LogP contribution is 2.29. The van der Waals surface area contributed by atoms with Gasteiger partial charge in [0, 0.05) is 11.6 Å². The highest BCUT2D eigenvalue weighted by Gasteiger charge is 2.30. The van der Waals surface area contributed by atoms with Gasteiger partial charge in [0.15, 0.2) is 6.10 Å². The maximum Gasteiger partial charge on any atom is 0.326 e. The fourth-order valence-electron chi connectivity index (χ4n) is 3.50. The molecule has 2 rings (SSSR count). The number of benzene rings is 1. The van der Waals surface area contributed by atoms with Gasteiger partial charge in [-0.2, -0.15) is 0 Å². The normalized spacial score (nSPS) is 22.3. The molecule has 2 amide bonds. The molecule has 1 aliphatic carbocycles. The Morgan fingerprint density at radius 1 is 1.14 bits per heavy atom. The van der Waals surface area contributed by atoms with Crippen LogP contribution in [0.3, 0.4) is 0 Å². The van der Waals surface area contributed by atoms with Crippen LogP contribution in [0.4, 0.5) is 0 Å². The number of carbonyl (C=O) groups excluding carboxylic acids is 3. The summed E-state index contributed by atoms with van der Waals surface area (Å²) in [5.74, 6) is 0.268. The molecule has 0 unspecified atom stereocenters. The Hall–Kier alpha value is -2.57. The molecule has 1 saturated carbocycles. The quantitative estimate of drug-likeness (QED) is 0.650. The van der Waals surface area contributed by atoms with E-state index in [1.54, 1.807) is 31.2 Å². The number of hydrogen-bond donors (Lipinski definition) is 2. The molecule has 4 atom stereocenters. The van der Waals surface area contributed by atoms with Gasteiger partial charge < -0.3 is 20.1 Å². The zero-order valence-corrected chi connectivity index (χ0v) is 17.7. The second kappa shape index (κ2) is 10.8. The highest BCUT2D eigenvalue weighted by atomic mass is 16.5. The summed E-state index contributed by atoms with van der Waals surface area (Å²) in [4.78, 5) is 36.5. The molecule has 0 aromatic heterocycles. The van der Waals surface area contributed by atoms with Gasteiger partial charge >= 0.3 is 5.97 Å². The number of carbonyl (C=O) groups is 3. The van der Waals surface area contributed by atoms with Gasteiger partial charge in [-0.25, -0.2) is 0 Å². The van der Waals surface area contributed by atoms with Crippen molar-refractivity contribution in [3.05, 3.63) is 29.8 Å². The van der Waals surface area contributed by atoms with Gasteiger partial charge in [0.25, 0.3) is 11.8 Å². The minimum absolute atomic E-state index is 0.103. The average Bonchev–Trinajstić information content (AvgIpc) is 2.70. The van der Waals surface area contributed by atoms with Crippen molar-refractivity contribution in [2.75, 3.05) is 13.2 Å². The van der Waals surface area contributed by atoms with Crippen molar-refractivity contribution in [3.8, 4) is 5.75 Å². The SMILES string of the molecule is CCOc1ccc(C(=O)NCC(=O)O[C@H](C)C(=O)N[C@@H]2CCC[C@H](C)[C@@H]2C)cc1. The lowest BCUT2D eigenvalue weighted by Gasteiger charge is -2.35. The van der Waals surface area contributed by atoms with Crippen molar-refractivity contribution < 1.29 is 23.9 Å². The van der Waals surface area contributed by atoms with Crippen LogP contribution >= 0.6 is 0 Å². The van der Waals surface area contributed by atoms with E-state index in [1.165, 1.54) is 6.42 Å². The molecule has 0 spiro atoms. The van der Waals surface area contributed by atoms with Crippen LogP contribution in [0.15, 0.2) is 24.3 Å². The molecule has 29 heavy (non-hydrogen) atoms. The Labute approximate surface area is 172 Å². The van der Waals surface area contributed by atoms with Gasteiger partial charge in [-0.3, -0.25) is 14.4 Å². The van der Waals surface area contributed by atoms with Gasteiger partial charge in [0.1, 0.15) is 12.3 Å². The van der Waals surface area contributed by atoms with Gasteiger partial charge in [0.2, 0.25) is 0 Å². The molecular formula is C22H32N2O5. The van der Waals surface area contributed by atoms with Crippen molar-refractivity contribution in [1.29, 1.82) is 0 Å². The summed E-state index contributed by atoms with van der Waals surface area (Å²) in [5.41, 5.74) is 0.410. The van der Waals surface area contributed by atoms with Crippen LogP contribution in [0, 0.1) is 11.8 Å². The molecule has 0 aliphatic heterocycles. The second-order valence-corrected chi connectivity index (χ2v) is 7.65. The lowest BCUT2D eigenvalue weighted by molar-refractivity contribution is -0.154. The lowest BCUT2D eigenvalue weighted by Crippen LogP contribution is -2.48. The summed E-state index contributed by atoms with van der Waals surface area (Å²) in [6.45, 7) is 7.99. The molecule has 0 saturated heterocycles. The zero-order chi connectivity index (χ0) is 21.4. The molecule has 1 aliphatic rings. The van der Waals surface area contributed by atoms with E-state index in [0.29, 0.717) is 29.8 Å². The first-order valence-corrected chi connectivity index (χ1v) is 10.3. The van der Waals surface area contributed by atoms with E-state index >= 15 is 0 Å². The third kappa shape index (κ3) is 6.76. The number of ether oxygens (including phenoxy) is 2. The van der Waals surface area contributed by atoms with Crippen molar-refractivity contribution in [1.82, 2.24) is 10.6 Å². The molecule has 0 bridgehead atoms. The molecular weight excluding hydrogens is 372 g/mol. The van der Waals surface area contributed by atoms with Crippen molar-refractivity contribution in [2.24, 2.45) is 11.8 Å². The predicted molar refractivity (Wildman–Crippen MR) is 110 cm³/mol. The number of nitrogens with one attached hydrogen (secondary N) is 2. The maximum absolute atomic E-state index is 12.4. The molecule has 0 heterocycles. The minimum Gasteiger partial charge on any atom is -0.494 e. The number of hydrogen-bond acceptors (Lipinski definition) is 5. The number of esters is 1. The molecule has 1 aromatic rings. The molecule has 0 radical (unpaired) electrons. The minimum atomic E-state index is -0.908. The third-order valence-electron chi connectivity index (χ3n) is 5.53. The highest BCUT2D eigenvalue weighted by molar-refractivity contribution is 5.96. The summed E-state index contributed by atoms with van der Waals surface area (Å²) in [5, 5.41) is 5.50. The van der Waals surface area contributed by atoms with E-state index < -0.39 is 18.0 Å². The third-order valence-corrected chi connectivity index (χ3v) is 5.53. The second-order valence-electron chi connectivity index (χ2n) is 7.65. The van der Waals surface area contributed by atoms with Crippen molar-refractivity contribution >= 4 is 17.8 Å². The van der Waals surface area contributed by atoms with Crippen LogP contribution in [0.2, 0.25) is 0 Å². The monoisotopic (exact) mass is 404 g/mol. The first-order chi connectivity index (χ1) is 13.8. The Balaban J connectivity index is 1.76. The van der Waals surface area contributed by atoms with Crippen LogP contribution in [-0.4, -0.2) is 43.1 Å². The van der Waals surface area contributed by atoms with E-state index in [-0.39, 0.29) is 18.5 Å². The smallest absolute Gasteiger partial charge is 0.326 e. The van der Waals surface area contributed by atoms with Crippen LogP contribution in [0.1, 0.15) is 57.3 Å². The van der Waals surface area contributed by atoms with Crippen molar-refractivity contribution in [2.45, 2.75) is 59.1 Å². The summed E-state index contributed by atoms with van der Waals surface area (Å²) in [7, 11) is 0. The molecule has 1 fully saturated rings. The molecule has 7 nitrogen and oxygen atoms in total. The summed E-state index contributed by atoms with van der Waals surface area (Å²) in [6, 6.07) is 6.72. The van der Waals surface area contributed by atoms with Gasteiger partial charge in [-0.05, 0) is 56.4 Å². The summed E-state index contributed by atoms with van der Waals surface area (Å²) in [6.07, 6.45) is 2.29. The summed E-state index contributed by atoms with van der Waals surface area (Å²) >= 11 is 0. The van der Waals surface area contributed by atoms with Crippen molar-refractivity contribution in [3.63, 3.8) is 0 Å². The first kappa shape index (κ1) is 22.7. The Bertz CT molecular complexity index is 704. The number of amides is 2. The lowest BCUT2D eigenvalue weighted by atomic mass is 9.78. The van der Waals surface area contributed by atoms with E-state index in [9.17, 15) is 14.4 Å². The van der Waals surface area contributed by atoms with E-state index in [2.05, 4.69) is 24.5 Å². The fraction of sp³-hybridized carbons (Fsp3) is 0.591. The Kier molecular flexibility index (Phi) is 8.49. The summed E-state index contributed by atoms with van der Waals surface area (Å²) < 4.78 is 10.5. The van der Waals surface area contributed by atoms with E-state index in [1.807, 2.05) is 6.92 Å². The van der Waals surface area contributed by atoms with Gasteiger partial charge in [-0.15, -0.1) is 0 Å². The van der Waals surface area contributed by atoms with Crippen LogP contribution in [-0.2, 0) is 14.3 Å². The topological polar surface area (TPSA) is 93.7 Å².